The van der Waals surface area contributed by atoms with Crippen LogP contribution in [0.3, 0.4) is 0 Å². The molecule has 5 nitrogen and oxygen atoms in total. The number of nitrogens with two attached hydrogens (primary N) is 1. The lowest BCUT2D eigenvalue weighted by Crippen LogP contribution is -2.30. The standard InChI is InChI=1S/C16H18N2O3/c17-14(16(19)20)8-6-12-7-9-15(18-10-12)21-11-13-4-2-1-3-5-13/h1-5,7,9-10,14H,6,8,11,17H2,(H,19,20). The third-order valence-electron chi connectivity index (χ3n) is 3.09. The Hall–Kier alpha value is -2.40. The number of hydrogen-bond acceptors (Lipinski definition) is 4. The Morgan fingerprint density at radius 2 is 1.95 bits per heavy atom. The van der Waals surface area contributed by atoms with Gasteiger partial charge in [0, 0.05) is 12.3 Å². The molecule has 2 rings (SSSR count). The van der Waals surface area contributed by atoms with Crippen molar-refractivity contribution in [1.82, 2.24) is 4.98 Å². The summed E-state index contributed by atoms with van der Waals surface area (Å²) in [6, 6.07) is 12.7. The number of aryl methyl sites for hydroxylation is 1. The van der Waals surface area contributed by atoms with Crippen molar-refractivity contribution in [3.63, 3.8) is 0 Å². The van der Waals surface area contributed by atoms with E-state index < -0.39 is 12.0 Å². The molecule has 1 unspecified atom stereocenters. The second-order valence-corrected chi connectivity index (χ2v) is 4.76. The molecule has 3 N–H and O–H groups in total. The number of carboxylic acids is 1. The van der Waals surface area contributed by atoms with Crippen LogP contribution in [0.5, 0.6) is 5.88 Å². The average molecular weight is 286 g/mol. The first-order valence-electron chi connectivity index (χ1n) is 6.75. The van der Waals surface area contributed by atoms with Gasteiger partial charge in [-0.15, -0.1) is 0 Å². The fourth-order valence-electron chi connectivity index (χ4n) is 1.82. The molecule has 21 heavy (non-hydrogen) atoms. The predicted molar refractivity (Wildman–Crippen MR) is 78.9 cm³/mol. The lowest BCUT2D eigenvalue weighted by atomic mass is 10.1. The Bertz CT molecular complexity index is 570. The van der Waals surface area contributed by atoms with Crippen LogP contribution in [-0.2, 0) is 17.8 Å². The molecule has 0 aliphatic carbocycles. The van der Waals surface area contributed by atoms with Gasteiger partial charge in [0.2, 0.25) is 5.88 Å². The summed E-state index contributed by atoms with van der Waals surface area (Å²) in [5.74, 6) is -0.434. The Labute approximate surface area is 123 Å². The van der Waals surface area contributed by atoms with E-state index in [0.717, 1.165) is 11.1 Å². The second-order valence-electron chi connectivity index (χ2n) is 4.76. The van der Waals surface area contributed by atoms with Crippen molar-refractivity contribution in [3.8, 4) is 5.88 Å². The van der Waals surface area contributed by atoms with Crippen molar-refractivity contribution in [2.75, 3.05) is 0 Å². The molecule has 1 atom stereocenters. The first kappa shape index (κ1) is 15.0. The zero-order valence-corrected chi connectivity index (χ0v) is 11.6. The van der Waals surface area contributed by atoms with E-state index in [9.17, 15) is 4.79 Å². The van der Waals surface area contributed by atoms with Crippen molar-refractivity contribution < 1.29 is 14.6 Å². The molecule has 1 aromatic carbocycles. The third-order valence-corrected chi connectivity index (χ3v) is 3.09. The van der Waals surface area contributed by atoms with Crippen LogP contribution >= 0.6 is 0 Å². The number of aromatic nitrogens is 1. The largest absolute Gasteiger partial charge is 0.480 e. The molecule has 110 valence electrons. The van der Waals surface area contributed by atoms with E-state index in [-0.39, 0.29) is 0 Å². The van der Waals surface area contributed by atoms with E-state index in [4.69, 9.17) is 15.6 Å². The Kier molecular flexibility index (Phi) is 5.29. The molecule has 5 heteroatoms. The molecule has 2 aromatic rings. The van der Waals surface area contributed by atoms with E-state index >= 15 is 0 Å². The van der Waals surface area contributed by atoms with Gasteiger partial charge in [-0.25, -0.2) is 4.98 Å². The van der Waals surface area contributed by atoms with Gasteiger partial charge in [-0.1, -0.05) is 36.4 Å². The molecule has 0 spiro atoms. The van der Waals surface area contributed by atoms with Gasteiger partial charge in [0.25, 0.3) is 0 Å². The molecule has 0 amide bonds. The van der Waals surface area contributed by atoms with Crippen molar-refractivity contribution >= 4 is 5.97 Å². The maximum absolute atomic E-state index is 10.6. The summed E-state index contributed by atoms with van der Waals surface area (Å²) in [5, 5.41) is 8.72. The summed E-state index contributed by atoms with van der Waals surface area (Å²) >= 11 is 0. The molecule has 1 heterocycles. The highest BCUT2D eigenvalue weighted by molar-refractivity contribution is 5.73. The van der Waals surface area contributed by atoms with Gasteiger partial charge in [0.05, 0.1) is 0 Å². The average Bonchev–Trinajstić information content (AvgIpc) is 2.52. The third kappa shape index (κ3) is 4.89. The fourth-order valence-corrected chi connectivity index (χ4v) is 1.82. The Morgan fingerprint density at radius 1 is 1.19 bits per heavy atom. The fraction of sp³-hybridized carbons (Fsp3) is 0.250. The lowest BCUT2D eigenvalue weighted by Gasteiger charge is -2.08. The number of aliphatic carboxylic acids is 1. The highest BCUT2D eigenvalue weighted by atomic mass is 16.5. The van der Waals surface area contributed by atoms with Crippen molar-refractivity contribution in [3.05, 3.63) is 59.8 Å². The molecule has 0 radical (unpaired) electrons. The highest BCUT2D eigenvalue weighted by Gasteiger charge is 2.11. The minimum absolute atomic E-state index is 0.390. The molecule has 0 bridgehead atoms. The number of carbonyl (C=O) groups is 1. The first-order chi connectivity index (χ1) is 10.1. The SMILES string of the molecule is NC(CCc1ccc(OCc2ccccc2)nc1)C(=O)O. The molecular weight excluding hydrogens is 268 g/mol. The van der Waals surface area contributed by atoms with Crippen LogP contribution in [0.1, 0.15) is 17.5 Å². The number of rotatable bonds is 7. The molecule has 0 aliphatic rings. The van der Waals surface area contributed by atoms with E-state index in [0.29, 0.717) is 25.3 Å². The summed E-state index contributed by atoms with van der Waals surface area (Å²) in [5.41, 5.74) is 7.48. The maximum Gasteiger partial charge on any atom is 0.320 e. The number of benzene rings is 1. The van der Waals surface area contributed by atoms with Gasteiger partial charge in [-0.3, -0.25) is 4.79 Å². The van der Waals surface area contributed by atoms with Crippen molar-refractivity contribution in [2.24, 2.45) is 5.73 Å². The Balaban J connectivity index is 1.83. The molecule has 1 aromatic heterocycles. The van der Waals surface area contributed by atoms with Gasteiger partial charge in [-0.05, 0) is 24.0 Å². The number of nitrogens with zero attached hydrogens (tertiary/aromatic N) is 1. The molecule has 0 fully saturated rings. The van der Waals surface area contributed by atoms with Crippen LogP contribution in [0.4, 0.5) is 0 Å². The monoisotopic (exact) mass is 286 g/mol. The molecular formula is C16H18N2O3. The highest BCUT2D eigenvalue weighted by Crippen LogP contribution is 2.12. The van der Waals surface area contributed by atoms with Crippen LogP contribution < -0.4 is 10.5 Å². The van der Waals surface area contributed by atoms with Gasteiger partial charge in [0.15, 0.2) is 0 Å². The van der Waals surface area contributed by atoms with Gasteiger partial charge >= 0.3 is 5.97 Å². The van der Waals surface area contributed by atoms with Crippen molar-refractivity contribution in [2.45, 2.75) is 25.5 Å². The van der Waals surface area contributed by atoms with Crippen LogP contribution in [0.15, 0.2) is 48.7 Å². The van der Waals surface area contributed by atoms with E-state index in [2.05, 4.69) is 4.98 Å². The van der Waals surface area contributed by atoms with E-state index in [1.807, 2.05) is 36.4 Å². The minimum atomic E-state index is -0.981. The summed E-state index contributed by atoms with van der Waals surface area (Å²) in [6.07, 6.45) is 2.66. The molecule has 0 saturated carbocycles. The number of hydrogen-bond donors (Lipinski definition) is 2. The summed E-state index contributed by atoms with van der Waals surface area (Å²) in [7, 11) is 0. The van der Waals surface area contributed by atoms with Crippen LogP contribution in [0.2, 0.25) is 0 Å². The number of carboxylic acid groups (broad SMARTS) is 1. The van der Waals surface area contributed by atoms with E-state index in [1.54, 1.807) is 12.3 Å². The maximum atomic E-state index is 10.6. The van der Waals surface area contributed by atoms with Crippen LogP contribution in [0, 0.1) is 0 Å². The summed E-state index contributed by atoms with van der Waals surface area (Å²) in [6.45, 7) is 0.469. The van der Waals surface area contributed by atoms with Gasteiger partial charge < -0.3 is 15.6 Å². The summed E-state index contributed by atoms with van der Waals surface area (Å²) in [4.78, 5) is 14.8. The number of pyridine rings is 1. The first-order valence-corrected chi connectivity index (χ1v) is 6.75. The van der Waals surface area contributed by atoms with Crippen LogP contribution in [-0.4, -0.2) is 22.1 Å². The lowest BCUT2D eigenvalue weighted by molar-refractivity contribution is -0.138. The number of ether oxygens (including phenoxy) is 1. The zero-order chi connectivity index (χ0) is 15.1. The topological polar surface area (TPSA) is 85.4 Å². The van der Waals surface area contributed by atoms with Gasteiger partial charge in [-0.2, -0.15) is 0 Å². The molecule has 0 saturated heterocycles. The minimum Gasteiger partial charge on any atom is -0.480 e. The Morgan fingerprint density at radius 3 is 2.57 bits per heavy atom. The molecule has 0 aliphatic heterocycles. The smallest absolute Gasteiger partial charge is 0.320 e. The van der Waals surface area contributed by atoms with Crippen molar-refractivity contribution in [1.29, 1.82) is 0 Å². The van der Waals surface area contributed by atoms with E-state index in [1.165, 1.54) is 0 Å². The normalized spacial score (nSPS) is 11.9. The predicted octanol–water partition coefficient (Wildman–Crippen LogP) is 2.01. The second kappa shape index (κ2) is 7.40. The quantitative estimate of drug-likeness (QED) is 0.813. The zero-order valence-electron chi connectivity index (χ0n) is 11.6. The summed E-state index contributed by atoms with van der Waals surface area (Å²) < 4.78 is 5.58. The van der Waals surface area contributed by atoms with Crippen LogP contribution in [0.25, 0.3) is 0 Å². The van der Waals surface area contributed by atoms with Gasteiger partial charge in [0.1, 0.15) is 12.6 Å².